The predicted molar refractivity (Wildman–Crippen MR) is 115 cm³/mol. The highest BCUT2D eigenvalue weighted by Gasteiger charge is 2.26. The Labute approximate surface area is 169 Å². The fourth-order valence-corrected chi connectivity index (χ4v) is 4.50. The van der Waals surface area contributed by atoms with Crippen LogP contribution in [-0.4, -0.2) is 37.7 Å². The first-order valence-electron chi connectivity index (χ1n) is 10.6. The molecule has 0 fully saturated rings. The molecule has 28 heavy (non-hydrogen) atoms. The van der Waals surface area contributed by atoms with Gasteiger partial charge in [-0.2, -0.15) is 0 Å². The Bertz CT molecular complexity index is 703. The molecule has 2 aliphatic carbocycles. The SMILES string of the molecule is COC1=CC(C)C(C(C)CC2C=NC(/C=C/C3C=CC(=O)CC3C)CN2)C=C1. The summed E-state index contributed by atoms with van der Waals surface area (Å²) in [4.78, 5) is 16.2. The first-order valence-corrected chi connectivity index (χ1v) is 10.6. The summed E-state index contributed by atoms with van der Waals surface area (Å²) in [5, 5.41) is 3.64. The molecule has 7 unspecified atom stereocenters. The Morgan fingerprint density at radius 3 is 2.75 bits per heavy atom. The van der Waals surface area contributed by atoms with Crippen molar-refractivity contribution in [2.24, 2.45) is 34.6 Å². The van der Waals surface area contributed by atoms with Crippen LogP contribution in [0.5, 0.6) is 0 Å². The Kier molecular flexibility index (Phi) is 7.06. The second-order valence-corrected chi connectivity index (χ2v) is 8.63. The standard InChI is InChI=1S/C24H34N2O2/c1-16-12-22(27)8-6-19(16)5-7-20-14-26-21(15-25-20)11-17(2)24-10-9-23(28-4)13-18(24)3/h5-10,13,15-21,24,26H,11-12,14H2,1-4H3/b7-5+. The van der Waals surface area contributed by atoms with Crippen molar-refractivity contribution < 1.29 is 9.53 Å². The van der Waals surface area contributed by atoms with Crippen LogP contribution < -0.4 is 5.32 Å². The minimum Gasteiger partial charge on any atom is -0.497 e. The van der Waals surface area contributed by atoms with Gasteiger partial charge >= 0.3 is 0 Å². The smallest absolute Gasteiger partial charge is 0.155 e. The third kappa shape index (κ3) is 5.32. The van der Waals surface area contributed by atoms with E-state index in [1.807, 2.05) is 6.08 Å². The number of aliphatic imine (C=N–C) groups is 1. The maximum atomic E-state index is 11.5. The third-order valence-electron chi connectivity index (χ3n) is 6.32. The Morgan fingerprint density at radius 2 is 2.11 bits per heavy atom. The number of methoxy groups -OCH3 is 1. The second kappa shape index (κ2) is 9.51. The number of hydrogen-bond acceptors (Lipinski definition) is 4. The predicted octanol–water partition coefficient (Wildman–Crippen LogP) is 4.11. The van der Waals surface area contributed by atoms with Gasteiger partial charge < -0.3 is 10.1 Å². The summed E-state index contributed by atoms with van der Waals surface area (Å²) in [6.07, 6.45) is 18.6. The van der Waals surface area contributed by atoms with Gasteiger partial charge in [-0.25, -0.2) is 0 Å². The van der Waals surface area contributed by atoms with Gasteiger partial charge in [-0.05, 0) is 54.2 Å². The van der Waals surface area contributed by atoms with Crippen molar-refractivity contribution in [1.29, 1.82) is 0 Å². The van der Waals surface area contributed by atoms with Gasteiger partial charge in [0.05, 0.1) is 13.2 Å². The highest BCUT2D eigenvalue weighted by molar-refractivity contribution is 5.90. The number of allylic oxidation sites excluding steroid dienone is 6. The van der Waals surface area contributed by atoms with E-state index in [9.17, 15) is 4.79 Å². The molecule has 0 aromatic heterocycles. The summed E-state index contributed by atoms with van der Waals surface area (Å²) < 4.78 is 5.34. The molecule has 1 aliphatic heterocycles. The van der Waals surface area contributed by atoms with Gasteiger partial charge in [0.25, 0.3) is 0 Å². The normalized spacial score (nSPS) is 36.6. The fraction of sp³-hybridized carbons (Fsp3) is 0.583. The van der Waals surface area contributed by atoms with E-state index >= 15 is 0 Å². The Balaban J connectivity index is 1.49. The number of hydrogen-bond donors (Lipinski definition) is 1. The fourth-order valence-electron chi connectivity index (χ4n) is 4.50. The van der Waals surface area contributed by atoms with E-state index in [2.05, 4.69) is 62.7 Å². The van der Waals surface area contributed by atoms with Crippen LogP contribution in [0.15, 0.2) is 53.3 Å². The molecule has 1 N–H and O–H groups in total. The zero-order chi connectivity index (χ0) is 20.1. The maximum absolute atomic E-state index is 11.5. The van der Waals surface area contributed by atoms with Gasteiger partial charge in [0.15, 0.2) is 5.78 Å². The molecule has 0 amide bonds. The molecule has 0 spiro atoms. The van der Waals surface area contributed by atoms with Crippen LogP contribution in [0.25, 0.3) is 0 Å². The molecule has 0 saturated carbocycles. The minimum atomic E-state index is 0.186. The van der Waals surface area contributed by atoms with Crippen LogP contribution in [0.2, 0.25) is 0 Å². The first kappa shape index (κ1) is 20.8. The van der Waals surface area contributed by atoms with Gasteiger partial charge in [0.2, 0.25) is 0 Å². The van der Waals surface area contributed by atoms with Gasteiger partial charge in [-0.3, -0.25) is 9.79 Å². The molecule has 0 aromatic carbocycles. The molecule has 7 atom stereocenters. The highest BCUT2D eigenvalue weighted by Crippen LogP contribution is 2.31. The van der Waals surface area contributed by atoms with Crippen LogP contribution in [-0.2, 0) is 9.53 Å². The molecule has 3 aliphatic rings. The highest BCUT2D eigenvalue weighted by atomic mass is 16.5. The summed E-state index contributed by atoms with van der Waals surface area (Å²) in [7, 11) is 1.73. The van der Waals surface area contributed by atoms with Crippen molar-refractivity contribution in [1.82, 2.24) is 5.32 Å². The van der Waals surface area contributed by atoms with E-state index in [-0.39, 0.29) is 11.8 Å². The van der Waals surface area contributed by atoms with Crippen molar-refractivity contribution in [3.63, 3.8) is 0 Å². The lowest BCUT2D eigenvalue weighted by Crippen LogP contribution is -2.42. The first-order chi connectivity index (χ1) is 13.5. The number of ketones is 1. The molecule has 1 heterocycles. The Hall–Kier alpha value is -1.94. The van der Waals surface area contributed by atoms with Gasteiger partial charge in [-0.15, -0.1) is 0 Å². The number of carbonyl (C=O) groups excluding carboxylic acids is 1. The largest absolute Gasteiger partial charge is 0.497 e. The second-order valence-electron chi connectivity index (χ2n) is 8.63. The minimum absolute atomic E-state index is 0.186. The molecular formula is C24H34N2O2. The van der Waals surface area contributed by atoms with E-state index in [1.54, 1.807) is 13.2 Å². The van der Waals surface area contributed by atoms with Gasteiger partial charge in [-0.1, -0.05) is 45.1 Å². The number of carbonyl (C=O) groups is 1. The van der Waals surface area contributed by atoms with Crippen LogP contribution >= 0.6 is 0 Å². The van der Waals surface area contributed by atoms with E-state index in [4.69, 9.17) is 9.73 Å². The molecule has 152 valence electrons. The van der Waals surface area contributed by atoms with Crippen molar-refractivity contribution in [2.45, 2.75) is 45.7 Å². The topological polar surface area (TPSA) is 50.7 Å². The summed E-state index contributed by atoms with van der Waals surface area (Å²) in [5.74, 6) is 3.52. The Morgan fingerprint density at radius 1 is 1.29 bits per heavy atom. The van der Waals surface area contributed by atoms with Crippen molar-refractivity contribution in [3.8, 4) is 0 Å². The van der Waals surface area contributed by atoms with Crippen LogP contribution in [0, 0.1) is 29.6 Å². The zero-order valence-electron chi connectivity index (χ0n) is 17.5. The molecule has 0 radical (unpaired) electrons. The third-order valence-corrected chi connectivity index (χ3v) is 6.32. The van der Waals surface area contributed by atoms with Crippen molar-refractivity contribution in [3.05, 3.63) is 48.3 Å². The zero-order valence-corrected chi connectivity index (χ0v) is 17.5. The van der Waals surface area contributed by atoms with Crippen LogP contribution in [0.3, 0.4) is 0 Å². The molecule has 3 rings (SSSR count). The van der Waals surface area contributed by atoms with Crippen LogP contribution in [0.4, 0.5) is 0 Å². The number of nitrogens with zero attached hydrogens (tertiary/aromatic N) is 1. The van der Waals surface area contributed by atoms with Gasteiger partial charge in [0, 0.05) is 25.2 Å². The number of ether oxygens (including phenoxy) is 1. The average Bonchev–Trinajstić information content (AvgIpc) is 2.68. The quantitative estimate of drug-likeness (QED) is 0.703. The van der Waals surface area contributed by atoms with E-state index in [0.717, 1.165) is 18.7 Å². The van der Waals surface area contributed by atoms with E-state index in [0.29, 0.717) is 42.1 Å². The summed E-state index contributed by atoms with van der Waals surface area (Å²) in [6.45, 7) is 7.61. The van der Waals surface area contributed by atoms with Crippen LogP contribution in [0.1, 0.15) is 33.6 Å². The monoisotopic (exact) mass is 382 g/mol. The number of rotatable bonds is 6. The summed E-state index contributed by atoms with van der Waals surface area (Å²) >= 11 is 0. The lowest BCUT2D eigenvalue weighted by Gasteiger charge is -2.31. The summed E-state index contributed by atoms with van der Waals surface area (Å²) in [5.41, 5.74) is 0. The molecular weight excluding hydrogens is 348 g/mol. The lowest BCUT2D eigenvalue weighted by atomic mass is 9.78. The molecule has 0 bridgehead atoms. The van der Waals surface area contributed by atoms with Crippen molar-refractivity contribution in [2.75, 3.05) is 13.7 Å². The molecule has 0 saturated heterocycles. The average molecular weight is 383 g/mol. The van der Waals surface area contributed by atoms with E-state index in [1.165, 1.54) is 0 Å². The maximum Gasteiger partial charge on any atom is 0.155 e. The molecule has 4 nitrogen and oxygen atoms in total. The number of nitrogens with one attached hydrogen (secondary N) is 1. The summed E-state index contributed by atoms with van der Waals surface area (Å²) in [6, 6.07) is 0.518. The molecule has 4 heteroatoms. The molecule has 0 aromatic rings. The lowest BCUT2D eigenvalue weighted by molar-refractivity contribution is -0.115. The van der Waals surface area contributed by atoms with Gasteiger partial charge in [0.1, 0.15) is 5.76 Å². The van der Waals surface area contributed by atoms with E-state index < -0.39 is 0 Å². The van der Waals surface area contributed by atoms with Crippen molar-refractivity contribution >= 4 is 12.0 Å².